The van der Waals surface area contributed by atoms with Crippen molar-refractivity contribution >= 4 is 11.6 Å². The highest BCUT2D eigenvalue weighted by atomic mass is 16.2. The summed E-state index contributed by atoms with van der Waals surface area (Å²) in [6, 6.07) is 5.70. The number of nitrogens with zero attached hydrogens (tertiary/aromatic N) is 4. The maximum atomic E-state index is 12.2. The van der Waals surface area contributed by atoms with E-state index in [4.69, 9.17) is 16.3 Å². The summed E-state index contributed by atoms with van der Waals surface area (Å²) in [4.78, 5) is 13.5. The highest BCUT2D eigenvalue weighted by molar-refractivity contribution is 5.94. The van der Waals surface area contributed by atoms with Crippen molar-refractivity contribution < 1.29 is 4.79 Å². The molecule has 2 N–H and O–H groups in total. The molecular formula is C12H13N5O. The van der Waals surface area contributed by atoms with Crippen LogP contribution in [0.3, 0.4) is 0 Å². The van der Waals surface area contributed by atoms with Crippen LogP contribution in [0.4, 0.5) is 5.69 Å². The first-order chi connectivity index (χ1) is 8.67. The zero-order valence-electron chi connectivity index (χ0n) is 9.83. The molecule has 0 atom stereocenters. The van der Waals surface area contributed by atoms with Crippen molar-refractivity contribution in [3.63, 3.8) is 0 Å². The van der Waals surface area contributed by atoms with E-state index >= 15 is 0 Å². The molecule has 92 valence electrons. The Balaban J connectivity index is 2.26. The molecule has 1 fully saturated rings. The lowest BCUT2D eigenvalue weighted by Gasteiger charge is -2.16. The number of rotatable bonds is 4. The molecule has 1 aromatic rings. The first-order valence-electron chi connectivity index (χ1n) is 5.68. The van der Waals surface area contributed by atoms with Gasteiger partial charge in [0.25, 0.3) is 5.91 Å². The minimum Gasteiger partial charge on any atom is -0.397 e. The first-order valence-corrected chi connectivity index (χ1v) is 5.68. The molecule has 1 heterocycles. The second-order valence-electron chi connectivity index (χ2n) is 4.27. The van der Waals surface area contributed by atoms with Crippen molar-refractivity contribution in [2.24, 2.45) is 0 Å². The van der Waals surface area contributed by atoms with Gasteiger partial charge in [0, 0.05) is 12.2 Å². The monoisotopic (exact) mass is 243 g/mol. The topological polar surface area (TPSA) is 98.8 Å². The molecule has 18 heavy (non-hydrogen) atoms. The Bertz CT molecular complexity index is 528. The molecule has 1 aliphatic carbocycles. The van der Waals surface area contributed by atoms with E-state index in [1.807, 2.05) is 16.7 Å². The van der Waals surface area contributed by atoms with Crippen molar-refractivity contribution in [3.8, 4) is 12.1 Å². The summed E-state index contributed by atoms with van der Waals surface area (Å²) in [6.07, 6.45) is 3.80. The van der Waals surface area contributed by atoms with Crippen LogP contribution in [0.1, 0.15) is 29.4 Å². The van der Waals surface area contributed by atoms with Crippen LogP contribution in [0.15, 0.2) is 12.3 Å². The molecule has 0 unspecified atom stereocenters. The number of nitrogens with two attached hydrogens (primary N) is 1. The first kappa shape index (κ1) is 12.0. The quantitative estimate of drug-likeness (QED) is 0.794. The average molecular weight is 243 g/mol. The summed E-state index contributed by atoms with van der Waals surface area (Å²) < 4.78 is 1.85. The molecule has 1 aromatic heterocycles. The largest absolute Gasteiger partial charge is 0.397 e. The minimum atomic E-state index is -0.318. The van der Waals surface area contributed by atoms with Crippen molar-refractivity contribution in [3.05, 3.63) is 18.0 Å². The van der Waals surface area contributed by atoms with Gasteiger partial charge in [-0.15, -0.1) is 0 Å². The van der Waals surface area contributed by atoms with Crippen molar-refractivity contribution in [2.45, 2.75) is 18.9 Å². The van der Waals surface area contributed by atoms with Crippen molar-refractivity contribution in [1.29, 1.82) is 10.5 Å². The van der Waals surface area contributed by atoms with Gasteiger partial charge in [-0.05, 0) is 18.9 Å². The SMILES string of the molecule is N#CCN(CC#N)C(=O)c1cc(N)cn1C1CC1. The van der Waals surface area contributed by atoms with E-state index in [0.717, 1.165) is 12.8 Å². The predicted octanol–water partition coefficient (Wildman–Crippen LogP) is 0.895. The maximum Gasteiger partial charge on any atom is 0.272 e. The smallest absolute Gasteiger partial charge is 0.272 e. The standard InChI is InChI=1S/C12H13N5O/c13-3-5-16(6-4-14)12(18)11-7-9(15)8-17(11)10-1-2-10/h7-8,10H,1-2,5-6,15H2. The highest BCUT2D eigenvalue weighted by Crippen LogP contribution is 2.37. The van der Waals surface area contributed by atoms with Crippen molar-refractivity contribution in [1.82, 2.24) is 9.47 Å². The van der Waals surface area contributed by atoms with Gasteiger partial charge in [-0.1, -0.05) is 0 Å². The fourth-order valence-electron chi connectivity index (χ4n) is 1.86. The summed E-state index contributed by atoms with van der Waals surface area (Å²) in [5.41, 5.74) is 6.70. The predicted molar refractivity (Wildman–Crippen MR) is 64.2 cm³/mol. The summed E-state index contributed by atoms with van der Waals surface area (Å²) in [5.74, 6) is -0.318. The van der Waals surface area contributed by atoms with Gasteiger partial charge in [-0.2, -0.15) is 10.5 Å². The molecule has 0 aliphatic heterocycles. The molecule has 0 aromatic carbocycles. The van der Waals surface area contributed by atoms with Crippen LogP contribution in [0.25, 0.3) is 0 Å². The number of amides is 1. The molecule has 0 spiro atoms. The van der Waals surface area contributed by atoms with E-state index < -0.39 is 0 Å². The molecule has 1 aliphatic rings. The van der Waals surface area contributed by atoms with Crippen molar-refractivity contribution in [2.75, 3.05) is 18.8 Å². The minimum absolute atomic E-state index is 0.0951. The molecule has 0 bridgehead atoms. The fraction of sp³-hybridized carbons (Fsp3) is 0.417. The summed E-state index contributed by atoms with van der Waals surface area (Å²) >= 11 is 0. The van der Waals surface area contributed by atoms with Gasteiger partial charge in [0.05, 0.1) is 17.8 Å². The van der Waals surface area contributed by atoms with E-state index in [1.54, 1.807) is 12.3 Å². The molecular weight excluding hydrogens is 230 g/mol. The third-order valence-corrected chi connectivity index (χ3v) is 2.84. The lowest BCUT2D eigenvalue weighted by molar-refractivity contribution is 0.0784. The van der Waals surface area contributed by atoms with Crippen LogP contribution in [-0.4, -0.2) is 28.5 Å². The lowest BCUT2D eigenvalue weighted by Crippen LogP contribution is -2.33. The van der Waals surface area contributed by atoms with E-state index in [0.29, 0.717) is 17.4 Å². The third kappa shape index (κ3) is 2.28. The second kappa shape index (κ2) is 4.80. The fourth-order valence-corrected chi connectivity index (χ4v) is 1.86. The van der Waals surface area contributed by atoms with Crippen LogP contribution in [0.5, 0.6) is 0 Å². The van der Waals surface area contributed by atoms with Crippen LogP contribution < -0.4 is 5.73 Å². The van der Waals surface area contributed by atoms with Gasteiger partial charge >= 0.3 is 0 Å². The van der Waals surface area contributed by atoms with Gasteiger partial charge in [-0.25, -0.2) is 0 Å². The summed E-state index contributed by atoms with van der Waals surface area (Å²) in [7, 11) is 0. The molecule has 0 saturated heterocycles. The van der Waals surface area contributed by atoms with Crippen LogP contribution >= 0.6 is 0 Å². The van der Waals surface area contributed by atoms with Crippen LogP contribution in [0, 0.1) is 22.7 Å². The molecule has 6 nitrogen and oxygen atoms in total. The number of hydrogen-bond donors (Lipinski definition) is 1. The number of anilines is 1. The number of nitrogen functional groups attached to an aromatic ring is 1. The Morgan fingerprint density at radius 1 is 1.44 bits per heavy atom. The highest BCUT2D eigenvalue weighted by Gasteiger charge is 2.29. The van der Waals surface area contributed by atoms with Gasteiger partial charge in [0.2, 0.25) is 0 Å². The Hall–Kier alpha value is -2.47. The second-order valence-corrected chi connectivity index (χ2v) is 4.27. The van der Waals surface area contributed by atoms with Gasteiger partial charge < -0.3 is 15.2 Å². The Kier molecular flexibility index (Phi) is 3.20. The van der Waals surface area contributed by atoms with E-state index in [1.165, 1.54) is 4.90 Å². The zero-order valence-corrected chi connectivity index (χ0v) is 9.83. The normalized spacial score (nSPS) is 13.7. The molecule has 6 heteroatoms. The molecule has 2 rings (SSSR count). The van der Waals surface area contributed by atoms with Gasteiger partial charge in [0.1, 0.15) is 18.8 Å². The summed E-state index contributed by atoms with van der Waals surface area (Å²) in [5, 5.41) is 17.3. The summed E-state index contributed by atoms with van der Waals surface area (Å²) in [6.45, 7) is -0.190. The van der Waals surface area contributed by atoms with Crippen LogP contribution in [-0.2, 0) is 0 Å². The maximum absolute atomic E-state index is 12.2. The number of carbonyl (C=O) groups excluding carboxylic acids is 1. The van der Waals surface area contributed by atoms with Gasteiger partial charge in [-0.3, -0.25) is 4.79 Å². The Labute approximate surface area is 105 Å². The van der Waals surface area contributed by atoms with Crippen LogP contribution in [0.2, 0.25) is 0 Å². The number of nitriles is 2. The van der Waals surface area contributed by atoms with Gasteiger partial charge in [0.15, 0.2) is 0 Å². The van der Waals surface area contributed by atoms with E-state index in [9.17, 15) is 4.79 Å². The molecule has 1 amide bonds. The van der Waals surface area contributed by atoms with E-state index in [2.05, 4.69) is 0 Å². The Morgan fingerprint density at radius 2 is 2.06 bits per heavy atom. The van der Waals surface area contributed by atoms with E-state index in [-0.39, 0.29) is 19.0 Å². The molecule has 1 saturated carbocycles. The number of hydrogen-bond acceptors (Lipinski definition) is 4. The lowest BCUT2D eigenvalue weighted by atomic mass is 10.3. The zero-order chi connectivity index (χ0) is 13.1. The third-order valence-electron chi connectivity index (χ3n) is 2.84. The average Bonchev–Trinajstić information content (AvgIpc) is 3.11. The number of carbonyl (C=O) groups is 1. The Morgan fingerprint density at radius 3 is 2.56 bits per heavy atom. The molecule has 0 radical (unpaired) electrons. The number of aromatic nitrogens is 1.